The lowest BCUT2D eigenvalue weighted by Crippen LogP contribution is -2.22. The second-order valence-electron chi connectivity index (χ2n) is 3.56. The first-order valence-electron chi connectivity index (χ1n) is 4.95. The molecule has 0 aliphatic rings. The van der Waals surface area contributed by atoms with Crippen LogP contribution in [0.5, 0.6) is 0 Å². The summed E-state index contributed by atoms with van der Waals surface area (Å²) in [4.78, 5) is 0. The molecule has 0 saturated heterocycles. The summed E-state index contributed by atoms with van der Waals surface area (Å²) in [7, 11) is 0. The highest BCUT2D eigenvalue weighted by Crippen LogP contribution is 2.15. The van der Waals surface area contributed by atoms with Crippen LogP contribution in [0.25, 0.3) is 11.3 Å². The average Bonchev–Trinajstić information content (AvgIpc) is 2.89. The molecule has 4 nitrogen and oxygen atoms in total. The summed E-state index contributed by atoms with van der Waals surface area (Å²) in [6, 6.07) is 11.6. The molecule has 0 amide bonds. The van der Waals surface area contributed by atoms with Gasteiger partial charge in [-0.05, 0) is 24.3 Å². The molecule has 2 heterocycles. The van der Waals surface area contributed by atoms with E-state index in [0.29, 0.717) is 5.56 Å². The minimum Gasteiger partial charge on any atom is -0.192 e. The SMILES string of the molecule is N#Cc1ccc(-c2c[n+]3cccn3[nH]2)cc1. The van der Waals surface area contributed by atoms with Crippen LogP contribution >= 0.6 is 0 Å². The van der Waals surface area contributed by atoms with Gasteiger partial charge < -0.3 is 0 Å². The van der Waals surface area contributed by atoms with Gasteiger partial charge in [-0.2, -0.15) is 10.4 Å². The summed E-state index contributed by atoms with van der Waals surface area (Å²) in [6.45, 7) is 0. The van der Waals surface area contributed by atoms with Crippen molar-refractivity contribution in [1.29, 1.82) is 5.26 Å². The van der Waals surface area contributed by atoms with Gasteiger partial charge in [0, 0.05) is 11.6 Å². The summed E-state index contributed by atoms with van der Waals surface area (Å²) in [5.41, 5.74) is 2.76. The van der Waals surface area contributed by atoms with Crippen molar-refractivity contribution in [3.05, 3.63) is 54.5 Å². The Morgan fingerprint density at radius 1 is 1.25 bits per heavy atom. The normalized spacial score (nSPS) is 10.4. The number of nitrogens with zero attached hydrogens (tertiary/aromatic N) is 3. The molecule has 3 rings (SSSR count). The highest BCUT2D eigenvalue weighted by Gasteiger charge is 2.08. The standard InChI is InChI=1S/C12H9N4/c13-8-10-2-4-11(5-3-10)12-9-15-6-1-7-16(15)14-12/h1-7,9,14H/q+1. The first-order chi connectivity index (χ1) is 7.86. The molecule has 0 spiro atoms. The first-order valence-corrected chi connectivity index (χ1v) is 4.95. The van der Waals surface area contributed by atoms with Crippen LogP contribution in [0.2, 0.25) is 0 Å². The monoisotopic (exact) mass is 209 g/mol. The fraction of sp³-hybridized carbons (Fsp3) is 0. The number of aromatic nitrogens is 3. The van der Waals surface area contributed by atoms with E-state index in [9.17, 15) is 0 Å². The zero-order valence-electron chi connectivity index (χ0n) is 8.46. The number of fused-ring (bicyclic) bond motifs is 1. The predicted molar refractivity (Wildman–Crippen MR) is 57.6 cm³/mol. The van der Waals surface area contributed by atoms with E-state index >= 15 is 0 Å². The summed E-state index contributed by atoms with van der Waals surface area (Å²) < 4.78 is 3.83. The number of hydrogen-bond donors (Lipinski definition) is 1. The Kier molecular flexibility index (Phi) is 1.77. The van der Waals surface area contributed by atoms with Gasteiger partial charge in [-0.3, -0.25) is 0 Å². The van der Waals surface area contributed by atoms with Crippen LogP contribution < -0.4 is 4.52 Å². The third-order valence-corrected chi connectivity index (χ3v) is 2.54. The first kappa shape index (κ1) is 8.74. The molecule has 0 radical (unpaired) electrons. The number of hydrogen-bond acceptors (Lipinski definition) is 1. The average molecular weight is 209 g/mol. The minimum atomic E-state index is 0.676. The van der Waals surface area contributed by atoms with Crippen molar-refractivity contribution < 1.29 is 4.52 Å². The van der Waals surface area contributed by atoms with Crippen LogP contribution in [0.15, 0.2) is 48.9 Å². The van der Waals surface area contributed by atoms with Gasteiger partial charge in [-0.15, -0.1) is 4.52 Å². The Morgan fingerprint density at radius 3 is 2.75 bits per heavy atom. The minimum absolute atomic E-state index is 0.676. The Hall–Kier alpha value is -2.54. The Labute approximate surface area is 92.0 Å². The lowest BCUT2D eigenvalue weighted by atomic mass is 10.1. The fourth-order valence-electron chi connectivity index (χ4n) is 1.71. The molecular weight excluding hydrogens is 200 g/mol. The van der Waals surface area contributed by atoms with E-state index in [4.69, 9.17) is 5.26 Å². The van der Waals surface area contributed by atoms with Gasteiger partial charge in [-0.25, -0.2) is 0 Å². The Bertz CT molecular complexity index is 638. The van der Waals surface area contributed by atoms with Crippen LogP contribution in [0.3, 0.4) is 0 Å². The van der Waals surface area contributed by atoms with Gasteiger partial charge in [0.25, 0.3) is 0 Å². The number of H-pyrrole nitrogens is 1. The third kappa shape index (κ3) is 1.27. The second kappa shape index (κ2) is 3.24. The molecule has 0 aliphatic carbocycles. The van der Waals surface area contributed by atoms with Crippen molar-refractivity contribution in [2.45, 2.75) is 0 Å². The van der Waals surface area contributed by atoms with E-state index in [1.54, 1.807) is 0 Å². The summed E-state index contributed by atoms with van der Waals surface area (Å²) in [5, 5.41) is 11.9. The van der Waals surface area contributed by atoms with Crippen molar-refractivity contribution in [1.82, 2.24) is 9.73 Å². The Morgan fingerprint density at radius 2 is 2.06 bits per heavy atom. The lowest BCUT2D eigenvalue weighted by Gasteiger charge is -1.92. The van der Waals surface area contributed by atoms with Crippen LogP contribution in [0.1, 0.15) is 5.56 Å². The molecular formula is C12H9N4+. The van der Waals surface area contributed by atoms with E-state index in [2.05, 4.69) is 11.2 Å². The van der Waals surface area contributed by atoms with Gasteiger partial charge in [-0.1, -0.05) is 4.63 Å². The number of aromatic amines is 1. The van der Waals surface area contributed by atoms with E-state index in [1.165, 1.54) is 0 Å². The smallest absolute Gasteiger partial charge is 0.192 e. The third-order valence-electron chi connectivity index (χ3n) is 2.54. The molecule has 1 N–H and O–H groups in total. The highest BCUT2D eigenvalue weighted by atomic mass is 15.5. The van der Waals surface area contributed by atoms with Crippen molar-refractivity contribution in [3.8, 4) is 17.3 Å². The lowest BCUT2D eigenvalue weighted by molar-refractivity contribution is -0.617. The molecule has 0 aliphatic heterocycles. The van der Waals surface area contributed by atoms with E-state index in [0.717, 1.165) is 11.3 Å². The molecule has 0 saturated carbocycles. The van der Waals surface area contributed by atoms with Gasteiger partial charge in [0.1, 0.15) is 6.20 Å². The van der Waals surface area contributed by atoms with E-state index < -0.39 is 0 Å². The van der Waals surface area contributed by atoms with Gasteiger partial charge in [0.05, 0.1) is 17.8 Å². The summed E-state index contributed by atoms with van der Waals surface area (Å²) in [6.07, 6.45) is 5.90. The van der Waals surface area contributed by atoms with Crippen LogP contribution in [0.4, 0.5) is 0 Å². The summed E-state index contributed by atoms with van der Waals surface area (Å²) >= 11 is 0. The molecule has 0 atom stereocenters. The van der Waals surface area contributed by atoms with E-state index in [-0.39, 0.29) is 0 Å². The summed E-state index contributed by atoms with van der Waals surface area (Å²) in [5.74, 6) is 0. The number of nitrogens with one attached hydrogen (secondary N) is 1. The molecule has 2 aromatic heterocycles. The predicted octanol–water partition coefficient (Wildman–Crippen LogP) is 1.39. The van der Waals surface area contributed by atoms with Crippen LogP contribution in [-0.4, -0.2) is 9.73 Å². The number of nitriles is 1. The quantitative estimate of drug-likeness (QED) is 0.605. The van der Waals surface area contributed by atoms with Crippen LogP contribution in [0, 0.1) is 11.3 Å². The fourth-order valence-corrected chi connectivity index (χ4v) is 1.71. The van der Waals surface area contributed by atoms with Gasteiger partial charge in [0.2, 0.25) is 0 Å². The van der Waals surface area contributed by atoms with Gasteiger partial charge >= 0.3 is 0 Å². The molecule has 0 unspecified atom stereocenters. The molecule has 4 heteroatoms. The zero-order valence-corrected chi connectivity index (χ0v) is 8.46. The van der Waals surface area contributed by atoms with Crippen molar-refractivity contribution >= 4 is 0 Å². The van der Waals surface area contributed by atoms with Crippen molar-refractivity contribution in [2.24, 2.45) is 0 Å². The van der Waals surface area contributed by atoms with Gasteiger partial charge in [0.15, 0.2) is 11.9 Å². The van der Waals surface area contributed by atoms with Crippen LogP contribution in [-0.2, 0) is 0 Å². The largest absolute Gasteiger partial charge is 0.193 e. The second-order valence-corrected chi connectivity index (χ2v) is 3.56. The molecule has 0 fully saturated rings. The van der Waals surface area contributed by atoms with Crippen molar-refractivity contribution in [3.63, 3.8) is 0 Å². The topological polar surface area (TPSA) is 48.1 Å². The van der Waals surface area contributed by atoms with Crippen molar-refractivity contribution in [2.75, 3.05) is 0 Å². The highest BCUT2D eigenvalue weighted by molar-refractivity contribution is 5.58. The zero-order chi connectivity index (χ0) is 11.0. The molecule has 16 heavy (non-hydrogen) atoms. The molecule has 1 aromatic carbocycles. The Balaban J connectivity index is 2.09. The maximum absolute atomic E-state index is 8.71. The molecule has 0 bridgehead atoms. The maximum Gasteiger partial charge on any atom is 0.193 e. The number of rotatable bonds is 1. The maximum atomic E-state index is 8.71. The molecule has 3 aromatic rings. The molecule has 76 valence electrons. The van der Waals surface area contributed by atoms with E-state index in [1.807, 2.05) is 58.1 Å². The number of benzene rings is 1.